The number of benzene rings is 1. The number of halogens is 1. The van der Waals surface area contributed by atoms with Crippen LogP contribution in [0.1, 0.15) is 44.7 Å². The normalized spacial score (nSPS) is 12.2. The molecular weight excluding hydrogens is 250 g/mol. The second kappa shape index (κ2) is 4.67. The van der Waals surface area contributed by atoms with Gasteiger partial charge in [-0.2, -0.15) is 0 Å². The molecule has 0 spiro atoms. The highest BCUT2D eigenvalue weighted by Crippen LogP contribution is 2.26. The fraction of sp³-hybridized carbons (Fsp3) is 0.538. The summed E-state index contributed by atoms with van der Waals surface area (Å²) in [5.74, 6) is 0.555. The lowest BCUT2D eigenvalue weighted by Gasteiger charge is -2.19. The predicted molar refractivity (Wildman–Crippen MR) is 70.2 cm³/mol. The van der Waals surface area contributed by atoms with Gasteiger partial charge >= 0.3 is 0 Å². The van der Waals surface area contributed by atoms with E-state index >= 15 is 0 Å². The second-order valence-corrected chi connectivity index (χ2v) is 6.03. The molecule has 0 aliphatic heterocycles. The van der Waals surface area contributed by atoms with Crippen molar-refractivity contribution in [3.05, 3.63) is 33.8 Å². The summed E-state index contributed by atoms with van der Waals surface area (Å²) in [6, 6.07) is 6.55. The van der Waals surface area contributed by atoms with Crippen LogP contribution in [0, 0.1) is 0 Å². The first-order valence-corrected chi connectivity index (χ1v) is 6.16. The quantitative estimate of drug-likeness (QED) is 0.887. The van der Waals surface area contributed by atoms with Gasteiger partial charge in [0.1, 0.15) is 0 Å². The molecule has 1 rings (SSSR count). The molecule has 0 radical (unpaired) electrons. The van der Waals surface area contributed by atoms with Crippen LogP contribution in [0.3, 0.4) is 0 Å². The standard InChI is InChI=1S/C13H20BrN/c1-9(2)11-6-5-10(7-12(11)14)8-13(3,4)15/h5-7,9H,8,15H2,1-4H3. The van der Waals surface area contributed by atoms with Crippen LogP contribution in [0.25, 0.3) is 0 Å². The third kappa shape index (κ3) is 3.96. The van der Waals surface area contributed by atoms with Crippen molar-refractivity contribution in [2.75, 3.05) is 0 Å². The highest BCUT2D eigenvalue weighted by molar-refractivity contribution is 9.10. The van der Waals surface area contributed by atoms with Gasteiger partial charge in [0.25, 0.3) is 0 Å². The lowest BCUT2D eigenvalue weighted by atomic mass is 9.94. The van der Waals surface area contributed by atoms with Crippen LogP contribution in [0.5, 0.6) is 0 Å². The zero-order valence-electron chi connectivity index (χ0n) is 9.97. The van der Waals surface area contributed by atoms with E-state index in [1.807, 2.05) is 0 Å². The molecule has 84 valence electrons. The summed E-state index contributed by atoms with van der Waals surface area (Å²) in [5.41, 5.74) is 8.51. The van der Waals surface area contributed by atoms with Crippen molar-refractivity contribution in [2.24, 2.45) is 5.73 Å². The van der Waals surface area contributed by atoms with Gasteiger partial charge in [-0.1, -0.05) is 41.9 Å². The molecule has 1 aromatic rings. The SMILES string of the molecule is CC(C)c1ccc(CC(C)(C)N)cc1Br. The van der Waals surface area contributed by atoms with Crippen molar-refractivity contribution in [3.8, 4) is 0 Å². The Morgan fingerprint density at radius 2 is 1.93 bits per heavy atom. The highest BCUT2D eigenvalue weighted by atomic mass is 79.9. The molecule has 0 saturated carbocycles. The van der Waals surface area contributed by atoms with Crippen molar-refractivity contribution >= 4 is 15.9 Å². The molecule has 0 amide bonds. The summed E-state index contributed by atoms with van der Waals surface area (Å²) in [5, 5.41) is 0. The second-order valence-electron chi connectivity index (χ2n) is 5.18. The Hall–Kier alpha value is -0.340. The van der Waals surface area contributed by atoms with E-state index in [1.165, 1.54) is 15.6 Å². The van der Waals surface area contributed by atoms with Crippen molar-refractivity contribution in [1.29, 1.82) is 0 Å². The van der Waals surface area contributed by atoms with Crippen LogP contribution >= 0.6 is 15.9 Å². The lowest BCUT2D eigenvalue weighted by molar-refractivity contribution is 0.516. The third-order valence-electron chi connectivity index (χ3n) is 2.35. The zero-order chi connectivity index (χ0) is 11.6. The van der Waals surface area contributed by atoms with Gasteiger partial charge in [0.05, 0.1) is 0 Å². The molecule has 0 unspecified atom stereocenters. The molecule has 0 bridgehead atoms. The minimum absolute atomic E-state index is 0.140. The minimum Gasteiger partial charge on any atom is -0.325 e. The largest absolute Gasteiger partial charge is 0.325 e. The Morgan fingerprint density at radius 1 is 1.33 bits per heavy atom. The topological polar surface area (TPSA) is 26.0 Å². The van der Waals surface area contributed by atoms with E-state index in [4.69, 9.17) is 5.73 Å². The van der Waals surface area contributed by atoms with Crippen LogP contribution in [-0.4, -0.2) is 5.54 Å². The molecule has 0 aliphatic carbocycles. The van der Waals surface area contributed by atoms with Crippen molar-refractivity contribution < 1.29 is 0 Å². The number of hydrogen-bond acceptors (Lipinski definition) is 1. The first kappa shape index (κ1) is 12.7. The molecule has 2 heteroatoms. The Labute approximate surface area is 101 Å². The number of nitrogens with two attached hydrogens (primary N) is 1. The average molecular weight is 270 g/mol. The van der Waals surface area contributed by atoms with Crippen molar-refractivity contribution in [3.63, 3.8) is 0 Å². The van der Waals surface area contributed by atoms with Gasteiger partial charge in [0.15, 0.2) is 0 Å². The average Bonchev–Trinajstić information content (AvgIpc) is 1.99. The van der Waals surface area contributed by atoms with E-state index in [0.29, 0.717) is 5.92 Å². The van der Waals surface area contributed by atoms with Crippen LogP contribution in [0.15, 0.2) is 22.7 Å². The van der Waals surface area contributed by atoms with Crippen molar-refractivity contribution in [2.45, 2.75) is 45.6 Å². The fourth-order valence-corrected chi connectivity index (χ4v) is 2.56. The number of rotatable bonds is 3. The predicted octanol–water partition coefficient (Wildman–Crippen LogP) is 3.85. The Balaban J connectivity index is 2.92. The minimum atomic E-state index is -0.140. The summed E-state index contributed by atoms with van der Waals surface area (Å²) in [6.45, 7) is 8.51. The van der Waals surface area contributed by atoms with Gasteiger partial charge in [-0.15, -0.1) is 0 Å². The molecule has 0 fully saturated rings. The van der Waals surface area contributed by atoms with Crippen LogP contribution in [-0.2, 0) is 6.42 Å². The Bertz CT molecular complexity index is 337. The molecule has 0 aromatic heterocycles. The fourth-order valence-electron chi connectivity index (χ4n) is 1.67. The van der Waals surface area contributed by atoms with Gasteiger partial charge in [-0.25, -0.2) is 0 Å². The first-order valence-electron chi connectivity index (χ1n) is 5.37. The van der Waals surface area contributed by atoms with Crippen molar-refractivity contribution in [1.82, 2.24) is 0 Å². The van der Waals surface area contributed by atoms with E-state index in [0.717, 1.165) is 6.42 Å². The van der Waals surface area contributed by atoms with Gasteiger partial charge in [0, 0.05) is 10.0 Å². The maximum absolute atomic E-state index is 6.00. The van der Waals surface area contributed by atoms with Crippen LogP contribution in [0.2, 0.25) is 0 Å². The molecule has 0 atom stereocenters. The van der Waals surface area contributed by atoms with E-state index in [1.54, 1.807) is 0 Å². The smallest absolute Gasteiger partial charge is 0.0212 e. The lowest BCUT2D eigenvalue weighted by Crippen LogP contribution is -2.34. The summed E-state index contributed by atoms with van der Waals surface area (Å²) < 4.78 is 1.19. The molecular formula is C13H20BrN. The Kier molecular flexibility index (Phi) is 3.96. The maximum Gasteiger partial charge on any atom is 0.0212 e. The number of hydrogen-bond donors (Lipinski definition) is 1. The van der Waals surface area contributed by atoms with Gasteiger partial charge in [-0.05, 0) is 43.4 Å². The zero-order valence-corrected chi connectivity index (χ0v) is 11.6. The summed E-state index contributed by atoms with van der Waals surface area (Å²) in [4.78, 5) is 0. The summed E-state index contributed by atoms with van der Waals surface area (Å²) >= 11 is 3.61. The van der Waals surface area contributed by atoms with Gasteiger partial charge in [0.2, 0.25) is 0 Å². The van der Waals surface area contributed by atoms with E-state index in [-0.39, 0.29) is 5.54 Å². The molecule has 0 saturated heterocycles. The third-order valence-corrected chi connectivity index (χ3v) is 3.03. The molecule has 0 heterocycles. The Morgan fingerprint density at radius 3 is 2.33 bits per heavy atom. The van der Waals surface area contributed by atoms with E-state index < -0.39 is 0 Å². The first-order chi connectivity index (χ1) is 6.79. The van der Waals surface area contributed by atoms with Gasteiger partial charge in [-0.3, -0.25) is 0 Å². The maximum atomic E-state index is 6.00. The van der Waals surface area contributed by atoms with Crippen LogP contribution < -0.4 is 5.73 Å². The van der Waals surface area contributed by atoms with Crippen LogP contribution in [0.4, 0.5) is 0 Å². The highest BCUT2D eigenvalue weighted by Gasteiger charge is 2.13. The van der Waals surface area contributed by atoms with E-state index in [9.17, 15) is 0 Å². The summed E-state index contributed by atoms with van der Waals surface area (Å²) in [7, 11) is 0. The summed E-state index contributed by atoms with van der Waals surface area (Å²) in [6.07, 6.45) is 0.907. The molecule has 0 aliphatic rings. The molecule has 15 heavy (non-hydrogen) atoms. The molecule has 1 aromatic carbocycles. The molecule has 2 N–H and O–H groups in total. The monoisotopic (exact) mass is 269 g/mol. The van der Waals surface area contributed by atoms with Gasteiger partial charge < -0.3 is 5.73 Å². The van der Waals surface area contributed by atoms with E-state index in [2.05, 4.69) is 61.8 Å². The molecule has 1 nitrogen and oxygen atoms in total.